The summed E-state index contributed by atoms with van der Waals surface area (Å²) in [5.41, 5.74) is 2.51. The Hall–Kier alpha value is -2.99. The average molecular weight is 412 g/mol. The summed E-state index contributed by atoms with van der Waals surface area (Å²) in [4.78, 5) is 0.191. The van der Waals surface area contributed by atoms with Gasteiger partial charge in [-0.05, 0) is 55.8 Å². The SMILES string of the molecule is CCOc1ccccc1N(Cc1ccc(C)cc1)S(=O)(=O)c1ccc(OC)cc1. The minimum Gasteiger partial charge on any atom is -0.497 e. The van der Waals surface area contributed by atoms with Crippen molar-refractivity contribution < 1.29 is 17.9 Å². The second-order valence-corrected chi connectivity index (χ2v) is 8.44. The predicted octanol–water partition coefficient (Wildman–Crippen LogP) is 4.80. The highest BCUT2D eigenvalue weighted by Crippen LogP contribution is 2.34. The molecule has 6 heteroatoms. The summed E-state index contributed by atoms with van der Waals surface area (Å²) in [6, 6.07) is 21.4. The molecule has 0 heterocycles. The Bertz CT molecular complexity index is 1040. The predicted molar refractivity (Wildman–Crippen MR) is 115 cm³/mol. The molecule has 0 saturated heterocycles. The lowest BCUT2D eigenvalue weighted by Crippen LogP contribution is -2.31. The van der Waals surface area contributed by atoms with Crippen molar-refractivity contribution in [3.63, 3.8) is 0 Å². The van der Waals surface area contributed by atoms with Crippen LogP contribution in [0.3, 0.4) is 0 Å². The number of rotatable bonds is 8. The highest BCUT2D eigenvalue weighted by atomic mass is 32.2. The number of benzene rings is 3. The third-order valence-corrected chi connectivity index (χ3v) is 6.30. The van der Waals surface area contributed by atoms with E-state index in [-0.39, 0.29) is 11.4 Å². The standard InChI is InChI=1S/C23H25NO4S/c1-4-28-23-8-6-5-7-22(23)24(17-19-11-9-18(2)10-12-19)29(25,26)21-15-13-20(27-3)14-16-21/h5-16H,4,17H2,1-3H3. The lowest BCUT2D eigenvalue weighted by atomic mass is 10.1. The molecule has 3 aromatic rings. The first-order chi connectivity index (χ1) is 14.0. The second kappa shape index (κ2) is 9.01. The van der Waals surface area contributed by atoms with Crippen molar-refractivity contribution in [1.29, 1.82) is 0 Å². The quantitative estimate of drug-likeness (QED) is 0.534. The van der Waals surface area contributed by atoms with E-state index < -0.39 is 10.0 Å². The Balaban J connectivity index is 2.09. The molecule has 0 spiro atoms. The van der Waals surface area contributed by atoms with Crippen LogP contribution in [0.15, 0.2) is 77.7 Å². The Morgan fingerprint density at radius 1 is 0.897 bits per heavy atom. The molecule has 0 atom stereocenters. The van der Waals surface area contributed by atoms with Crippen LogP contribution in [0.25, 0.3) is 0 Å². The van der Waals surface area contributed by atoms with Gasteiger partial charge in [0.1, 0.15) is 11.5 Å². The maximum Gasteiger partial charge on any atom is 0.264 e. The fourth-order valence-electron chi connectivity index (χ4n) is 2.97. The number of methoxy groups -OCH3 is 1. The van der Waals surface area contributed by atoms with Gasteiger partial charge in [0.2, 0.25) is 0 Å². The van der Waals surface area contributed by atoms with E-state index in [9.17, 15) is 8.42 Å². The maximum atomic E-state index is 13.6. The molecule has 0 N–H and O–H groups in total. The fourth-order valence-corrected chi connectivity index (χ4v) is 4.44. The van der Waals surface area contributed by atoms with Crippen LogP contribution >= 0.6 is 0 Å². The molecule has 0 unspecified atom stereocenters. The fraction of sp³-hybridized carbons (Fsp3) is 0.217. The van der Waals surface area contributed by atoms with Crippen molar-refractivity contribution in [2.75, 3.05) is 18.0 Å². The topological polar surface area (TPSA) is 55.8 Å². The van der Waals surface area contributed by atoms with E-state index in [2.05, 4.69) is 0 Å². The van der Waals surface area contributed by atoms with Gasteiger partial charge in [-0.15, -0.1) is 0 Å². The van der Waals surface area contributed by atoms with E-state index >= 15 is 0 Å². The van der Waals surface area contributed by atoms with Crippen LogP contribution in [0.1, 0.15) is 18.1 Å². The van der Waals surface area contributed by atoms with Gasteiger partial charge >= 0.3 is 0 Å². The van der Waals surface area contributed by atoms with Gasteiger partial charge in [0.15, 0.2) is 0 Å². The molecule has 0 aliphatic heterocycles. The van der Waals surface area contributed by atoms with Gasteiger partial charge in [0.05, 0.1) is 30.8 Å². The number of aryl methyl sites for hydroxylation is 1. The Morgan fingerprint density at radius 2 is 1.55 bits per heavy atom. The minimum atomic E-state index is -3.83. The maximum absolute atomic E-state index is 13.6. The van der Waals surface area contributed by atoms with Gasteiger partial charge in [-0.25, -0.2) is 8.42 Å². The van der Waals surface area contributed by atoms with Gasteiger partial charge < -0.3 is 9.47 Å². The number of ether oxygens (including phenoxy) is 2. The third kappa shape index (κ3) is 4.71. The Labute approximate surface area is 172 Å². The molecule has 0 fully saturated rings. The van der Waals surface area contributed by atoms with Crippen molar-refractivity contribution >= 4 is 15.7 Å². The first-order valence-corrected chi connectivity index (χ1v) is 10.8. The van der Waals surface area contributed by atoms with Gasteiger partial charge in [0, 0.05) is 0 Å². The molecule has 0 bridgehead atoms. The molecule has 3 rings (SSSR count). The van der Waals surface area contributed by atoms with Gasteiger partial charge in [0.25, 0.3) is 10.0 Å². The highest BCUT2D eigenvalue weighted by molar-refractivity contribution is 7.92. The number of hydrogen-bond acceptors (Lipinski definition) is 4. The number of sulfonamides is 1. The largest absolute Gasteiger partial charge is 0.497 e. The van der Waals surface area contributed by atoms with E-state index in [0.29, 0.717) is 23.8 Å². The molecule has 0 saturated carbocycles. The molecule has 5 nitrogen and oxygen atoms in total. The third-order valence-electron chi connectivity index (χ3n) is 4.53. The molecule has 0 radical (unpaired) electrons. The normalized spacial score (nSPS) is 11.1. The van der Waals surface area contributed by atoms with E-state index in [0.717, 1.165) is 11.1 Å². The van der Waals surface area contributed by atoms with E-state index in [1.807, 2.05) is 50.2 Å². The first kappa shape index (κ1) is 20.7. The zero-order chi connectivity index (χ0) is 20.9. The average Bonchev–Trinajstić information content (AvgIpc) is 2.74. The molecule has 0 aliphatic rings. The van der Waals surface area contributed by atoms with Crippen molar-refractivity contribution in [2.24, 2.45) is 0 Å². The number of para-hydroxylation sites is 2. The van der Waals surface area contributed by atoms with E-state index in [4.69, 9.17) is 9.47 Å². The number of anilines is 1. The molecular weight excluding hydrogens is 386 g/mol. The highest BCUT2D eigenvalue weighted by Gasteiger charge is 2.27. The molecule has 3 aromatic carbocycles. The summed E-state index contributed by atoms with van der Waals surface area (Å²) < 4.78 is 39.4. The zero-order valence-corrected chi connectivity index (χ0v) is 17.6. The summed E-state index contributed by atoms with van der Waals surface area (Å²) >= 11 is 0. The molecule has 0 amide bonds. The minimum absolute atomic E-state index is 0.191. The number of nitrogens with zero attached hydrogens (tertiary/aromatic N) is 1. The van der Waals surface area contributed by atoms with Gasteiger partial charge in [-0.1, -0.05) is 42.0 Å². The van der Waals surface area contributed by atoms with Gasteiger partial charge in [-0.3, -0.25) is 4.31 Å². The van der Waals surface area contributed by atoms with Crippen molar-refractivity contribution in [3.8, 4) is 11.5 Å². The van der Waals surface area contributed by atoms with Crippen LogP contribution in [0.2, 0.25) is 0 Å². The van der Waals surface area contributed by atoms with Crippen LogP contribution in [0.4, 0.5) is 5.69 Å². The summed E-state index contributed by atoms with van der Waals surface area (Å²) in [5.74, 6) is 1.13. The lowest BCUT2D eigenvalue weighted by molar-refractivity contribution is 0.341. The van der Waals surface area contributed by atoms with Crippen LogP contribution in [0.5, 0.6) is 11.5 Å². The molecule has 29 heavy (non-hydrogen) atoms. The zero-order valence-electron chi connectivity index (χ0n) is 16.8. The Morgan fingerprint density at radius 3 is 2.17 bits per heavy atom. The van der Waals surface area contributed by atoms with Crippen molar-refractivity contribution in [1.82, 2.24) is 0 Å². The van der Waals surface area contributed by atoms with Crippen molar-refractivity contribution in [3.05, 3.63) is 83.9 Å². The molecule has 0 aliphatic carbocycles. The molecule has 0 aromatic heterocycles. The summed E-state index contributed by atoms with van der Waals surface area (Å²) in [5, 5.41) is 0. The van der Waals surface area contributed by atoms with Crippen LogP contribution < -0.4 is 13.8 Å². The molecule has 152 valence electrons. The summed E-state index contributed by atoms with van der Waals surface area (Å²) in [7, 11) is -2.28. The second-order valence-electron chi connectivity index (χ2n) is 6.57. The van der Waals surface area contributed by atoms with Crippen LogP contribution in [-0.4, -0.2) is 22.1 Å². The smallest absolute Gasteiger partial charge is 0.264 e. The van der Waals surface area contributed by atoms with E-state index in [1.54, 1.807) is 43.5 Å². The number of hydrogen-bond donors (Lipinski definition) is 0. The van der Waals surface area contributed by atoms with Crippen LogP contribution in [-0.2, 0) is 16.6 Å². The first-order valence-electron chi connectivity index (χ1n) is 9.40. The monoisotopic (exact) mass is 411 g/mol. The van der Waals surface area contributed by atoms with Gasteiger partial charge in [-0.2, -0.15) is 0 Å². The molecular formula is C23H25NO4S. The van der Waals surface area contributed by atoms with E-state index in [1.165, 1.54) is 4.31 Å². The van der Waals surface area contributed by atoms with Crippen LogP contribution in [0, 0.1) is 6.92 Å². The summed E-state index contributed by atoms with van der Waals surface area (Å²) in [6.07, 6.45) is 0. The Kier molecular flexibility index (Phi) is 6.44. The summed E-state index contributed by atoms with van der Waals surface area (Å²) in [6.45, 7) is 4.51. The lowest BCUT2D eigenvalue weighted by Gasteiger charge is -2.26. The van der Waals surface area contributed by atoms with Crippen molar-refractivity contribution in [2.45, 2.75) is 25.3 Å².